The van der Waals surface area contributed by atoms with E-state index in [0.717, 1.165) is 18.4 Å². The van der Waals surface area contributed by atoms with E-state index in [1.165, 1.54) is 38.9 Å². The summed E-state index contributed by atoms with van der Waals surface area (Å²) >= 11 is 0. The lowest BCUT2D eigenvalue weighted by Gasteiger charge is -2.29. The summed E-state index contributed by atoms with van der Waals surface area (Å²) in [6, 6.07) is 0.665. The number of rotatable bonds is 5. The Bertz CT molecular complexity index is 180. The Kier molecular flexibility index (Phi) is 6.37. The van der Waals surface area contributed by atoms with Crippen molar-refractivity contribution in [1.82, 2.24) is 10.2 Å². The number of likely N-dealkylation sites (N-methyl/N-ethyl adjacent to an activating group) is 1. The van der Waals surface area contributed by atoms with E-state index in [-0.39, 0.29) is 0 Å². The van der Waals surface area contributed by atoms with Gasteiger partial charge in [0, 0.05) is 12.6 Å². The first-order chi connectivity index (χ1) is 7.63. The zero-order chi connectivity index (χ0) is 12.0. The summed E-state index contributed by atoms with van der Waals surface area (Å²) in [5, 5.41) is 3.62. The molecule has 1 saturated heterocycles. The molecule has 0 aromatic heterocycles. The third-order valence-corrected chi connectivity index (χ3v) is 3.84. The van der Waals surface area contributed by atoms with Gasteiger partial charge >= 0.3 is 0 Å². The van der Waals surface area contributed by atoms with Gasteiger partial charge in [0.05, 0.1) is 0 Å². The molecular formula is C14H30N2. The van der Waals surface area contributed by atoms with E-state index >= 15 is 0 Å². The third-order valence-electron chi connectivity index (χ3n) is 3.84. The highest BCUT2D eigenvalue weighted by atomic mass is 15.1. The molecule has 1 aliphatic heterocycles. The van der Waals surface area contributed by atoms with Crippen LogP contribution < -0.4 is 5.32 Å². The van der Waals surface area contributed by atoms with Crippen LogP contribution in [0.4, 0.5) is 0 Å². The van der Waals surface area contributed by atoms with E-state index in [1.807, 2.05) is 0 Å². The molecule has 96 valence electrons. The molecule has 0 aliphatic carbocycles. The van der Waals surface area contributed by atoms with E-state index in [1.54, 1.807) is 0 Å². The van der Waals surface area contributed by atoms with Crippen LogP contribution in [0.5, 0.6) is 0 Å². The highest BCUT2D eigenvalue weighted by Gasteiger charge is 2.19. The second-order valence-electron chi connectivity index (χ2n) is 5.74. The van der Waals surface area contributed by atoms with Crippen molar-refractivity contribution in [1.29, 1.82) is 0 Å². The van der Waals surface area contributed by atoms with Crippen molar-refractivity contribution in [3.05, 3.63) is 0 Å². The minimum atomic E-state index is 0.665. The van der Waals surface area contributed by atoms with Crippen LogP contribution in [0.1, 0.15) is 47.0 Å². The van der Waals surface area contributed by atoms with Crippen molar-refractivity contribution in [2.45, 2.75) is 53.0 Å². The first kappa shape index (κ1) is 14.0. The van der Waals surface area contributed by atoms with Crippen LogP contribution in [-0.2, 0) is 0 Å². The Morgan fingerprint density at radius 1 is 1.25 bits per heavy atom. The Hall–Kier alpha value is -0.0800. The topological polar surface area (TPSA) is 15.3 Å². The van der Waals surface area contributed by atoms with Crippen molar-refractivity contribution < 1.29 is 0 Å². The molecule has 1 fully saturated rings. The van der Waals surface area contributed by atoms with Gasteiger partial charge in [-0.25, -0.2) is 0 Å². The van der Waals surface area contributed by atoms with E-state index in [2.05, 4.69) is 37.9 Å². The Labute approximate surface area is 102 Å². The normalized spacial score (nSPS) is 25.7. The maximum atomic E-state index is 3.62. The summed E-state index contributed by atoms with van der Waals surface area (Å²) in [6.07, 6.45) is 4.19. The van der Waals surface area contributed by atoms with Crippen molar-refractivity contribution >= 4 is 0 Å². The highest BCUT2D eigenvalue weighted by molar-refractivity contribution is 4.77. The zero-order valence-corrected chi connectivity index (χ0v) is 11.6. The fourth-order valence-corrected chi connectivity index (χ4v) is 2.56. The Morgan fingerprint density at radius 3 is 2.62 bits per heavy atom. The predicted octanol–water partition coefficient (Wildman–Crippen LogP) is 2.74. The van der Waals surface area contributed by atoms with E-state index in [0.29, 0.717) is 6.04 Å². The summed E-state index contributed by atoms with van der Waals surface area (Å²) in [4.78, 5) is 2.66. The third kappa shape index (κ3) is 4.84. The average molecular weight is 226 g/mol. The lowest BCUT2D eigenvalue weighted by Crippen LogP contribution is -2.44. The molecule has 2 nitrogen and oxygen atoms in total. The van der Waals surface area contributed by atoms with Gasteiger partial charge in [0.25, 0.3) is 0 Å². The van der Waals surface area contributed by atoms with Crippen molar-refractivity contribution in [3.63, 3.8) is 0 Å². The molecule has 0 aromatic rings. The zero-order valence-electron chi connectivity index (χ0n) is 11.6. The molecule has 0 radical (unpaired) electrons. The Morgan fingerprint density at radius 2 is 2.00 bits per heavy atom. The molecule has 2 atom stereocenters. The van der Waals surface area contributed by atoms with Crippen molar-refractivity contribution in [2.75, 3.05) is 26.2 Å². The molecule has 1 heterocycles. The molecule has 0 bridgehead atoms. The van der Waals surface area contributed by atoms with Gasteiger partial charge in [-0.2, -0.15) is 0 Å². The van der Waals surface area contributed by atoms with E-state index < -0.39 is 0 Å². The van der Waals surface area contributed by atoms with Crippen LogP contribution in [0, 0.1) is 11.8 Å². The first-order valence-corrected chi connectivity index (χ1v) is 7.09. The second-order valence-corrected chi connectivity index (χ2v) is 5.74. The number of nitrogens with one attached hydrogen (secondary N) is 1. The summed E-state index contributed by atoms with van der Waals surface area (Å²) in [7, 11) is 0. The Balaban J connectivity index is 2.37. The lowest BCUT2D eigenvalue weighted by atomic mass is 10.0. The standard InChI is InChI=1S/C14H30N2/c1-5-15-14(12(2)3)11-16-9-6-7-13(4)8-10-16/h12-15H,5-11H2,1-4H3. The molecule has 16 heavy (non-hydrogen) atoms. The fourth-order valence-electron chi connectivity index (χ4n) is 2.56. The van der Waals surface area contributed by atoms with Crippen molar-refractivity contribution in [2.24, 2.45) is 11.8 Å². The minimum absolute atomic E-state index is 0.665. The largest absolute Gasteiger partial charge is 0.313 e. The summed E-state index contributed by atoms with van der Waals surface area (Å²) in [5.74, 6) is 1.67. The quantitative estimate of drug-likeness (QED) is 0.775. The smallest absolute Gasteiger partial charge is 0.0217 e. The van der Waals surface area contributed by atoms with Gasteiger partial charge in [0.1, 0.15) is 0 Å². The van der Waals surface area contributed by atoms with Crippen molar-refractivity contribution in [3.8, 4) is 0 Å². The number of hydrogen-bond acceptors (Lipinski definition) is 2. The maximum Gasteiger partial charge on any atom is 0.0217 e. The monoisotopic (exact) mass is 226 g/mol. The molecule has 2 unspecified atom stereocenters. The SMILES string of the molecule is CCNC(CN1CCCC(C)CC1)C(C)C. The van der Waals surface area contributed by atoms with Gasteiger partial charge in [-0.05, 0) is 50.7 Å². The van der Waals surface area contributed by atoms with Crippen LogP contribution in [0.2, 0.25) is 0 Å². The first-order valence-electron chi connectivity index (χ1n) is 7.09. The molecule has 0 aromatic carbocycles. The molecule has 1 N–H and O–H groups in total. The molecular weight excluding hydrogens is 196 g/mol. The summed E-state index contributed by atoms with van der Waals surface area (Å²) < 4.78 is 0. The van der Waals surface area contributed by atoms with Gasteiger partial charge < -0.3 is 10.2 Å². The van der Waals surface area contributed by atoms with Crippen LogP contribution in [0.25, 0.3) is 0 Å². The minimum Gasteiger partial charge on any atom is -0.313 e. The van der Waals surface area contributed by atoms with Gasteiger partial charge in [0.2, 0.25) is 0 Å². The number of nitrogens with zero attached hydrogens (tertiary/aromatic N) is 1. The molecule has 0 amide bonds. The molecule has 2 heteroatoms. The molecule has 1 rings (SSSR count). The fraction of sp³-hybridized carbons (Fsp3) is 1.00. The molecule has 0 saturated carbocycles. The van der Waals surface area contributed by atoms with Crippen LogP contribution in [0.15, 0.2) is 0 Å². The second kappa shape index (κ2) is 7.29. The number of likely N-dealkylation sites (tertiary alicyclic amines) is 1. The molecule has 0 spiro atoms. The van der Waals surface area contributed by atoms with Crippen LogP contribution in [0.3, 0.4) is 0 Å². The van der Waals surface area contributed by atoms with E-state index in [4.69, 9.17) is 0 Å². The van der Waals surface area contributed by atoms with Crippen LogP contribution >= 0.6 is 0 Å². The van der Waals surface area contributed by atoms with Gasteiger partial charge in [-0.3, -0.25) is 0 Å². The maximum absolute atomic E-state index is 3.62. The molecule has 1 aliphatic rings. The number of hydrogen-bond donors (Lipinski definition) is 1. The van der Waals surface area contributed by atoms with Gasteiger partial charge in [-0.15, -0.1) is 0 Å². The average Bonchev–Trinajstić information content (AvgIpc) is 2.43. The summed E-state index contributed by atoms with van der Waals surface area (Å²) in [6.45, 7) is 14.2. The van der Waals surface area contributed by atoms with E-state index in [9.17, 15) is 0 Å². The van der Waals surface area contributed by atoms with Crippen LogP contribution in [-0.4, -0.2) is 37.1 Å². The van der Waals surface area contributed by atoms with Gasteiger partial charge in [-0.1, -0.05) is 27.7 Å². The summed E-state index contributed by atoms with van der Waals surface area (Å²) in [5.41, 5.74) is 0. The highest BCUT2D eigenvalue weighted by Crippen LogP contribution is 2.17. The lowest BCUT2D eigenvalue weighted by molar-refractivity contribution is 0.224. The predicted molar refractivity (Wildman–Crippen MR) is 71.8 cm³/mol. The van der Waals surface area contributed by atoms with Gasteiger partial charge in [0.15, 0.2) is 0 Å².